The van der Waals surface area contributed by atoms with Crippen molar-refractivity contribution >= 4 is 30.1 Å². The highest BCUT2D eigenvalue weighted by Crippen LogP contribution is 2.35. The molecule has 3 aromatic heterocycles. The quantitative estimate of drug-likeness (QED) is 0.0390. The summed E-state index contributed by atoms with van der Waals surface area (Å²) < 4.78 is 0. The molecule has 56 heavy (non-hydrogen) atoms. The third-order valence-electron chi connectivity index (χ3n) is 10.6. The molecule has 2 aromatic carbocycles. The summed E-state index contributed by atoms with van der Waals surface area (Å²) in [5, 5.41) is 9.82. The van der Waals surface area contributed by atoms with E-state index < -0.39 is 12.1 Å². The molecular formula is C40H50N12O4. The number of hydrogen-bond acceptors (Lipinski definition) is 11. The van der Waals surface area contributed by atoms with Gasteiger partial charge in [0.25, 0.3) is 0 Å². The maximum absolute atomic E-state index is 13.8. The van der Waals surface area contributed by atoms with Crippen molar-refractivity contribution in [1.29, 1.82) is 0 Å². The van der Waals surface area contributed by atoms with Crippen LogP contribution in [-0.4, -0.2) is 95.4 Å². The van der Waals surface area contributed by atoms with Crippen LogP contribution in [0.4, 0.5) is 11.9 Å². The summed E-state index contributed by atoms with van der Waals surface area (Å²) >= 11 is 0. The predicted molar refractivity (Wildman–Crippen MR) is 213 cm³/mol. The summed E-state index contributed by atoms with van der Waals surface area (Å²) in [6, 6.07) is 15.3. The Kier molecular flexibility index (Phi) is 11.5. The van der Waals surface area contributed by atoms with Gasteiger partial charge in [0.05, 0.1) is 43.0 Å². The number of aromatic amines is 3. The molecule has 5 heterocycles. The second-order valence-electron chi connectivity index (χ2n) is 15.0. The molecule has 6 N–H and O–H groups in total. The lowest BCUT2D eigenvalue weighted by atomic mass is 10.0. The van der Waals surface area contributed by atoms with Gasteiger partial charge in [-0.1, -0.05) is 76.2 Å². The van der Waals surface area contributed by atoms with Gasteiger partial charge >= 0.3 is 0 Å². The van der Waals surface area contributed by atoms with Gasteiger partial charge in [0.2, 0.25) is 30.1 Å². The molecule has 0 saturated carbocycles. The maximum atomic E-state index is 13.8. The number of likely N-dealkylation sites (tertiary alicyclic amines) is 2. The zero-order valence-electron chi connectivity index (χ0n) is 32.4. The number of nitrogens with two attached hydrogens (primary N) is 1. The Hall–Kier alpha value is -6.03. The van der Waals surface area contributed by atoms with Crippen LogP contribution in [0.25, 0.3) is 33.6 Å². The number of carbonyl (C=O) groups excluding carboxylic acids is 2. The molecule has 0 bridgehead atoms. The van der Waals surface area contributed by atoms with Crippen LogP contribution < -0.4 is 11.1 Å². The van der Waals surface area contributed by atoms with Gasteiger partial charge < -0.3 is 35.7 Å². The minimum absolute atomic E-state index is 0.00237. The number of nitrogen functional groups attached to an aromatic ring is 1. The monoisotopic (exact) mass is 762 g/mol. The Bertz CT molecular complexity index is 2120. The molecule has 0 unspecified atom stereocenters. The average molecular weight is 763 g/mol. The smallest absolute Gasteiger partial charge is 0.248 e. The fraction of sp³-hybridized carbons (Fsp3) is 0.425. The average Bonchev–Trinajstić information content (AvgIpc) is 4.05. The Labute approximate surface area is 325 Å². The van der Waals surface area contributed by atoms with Crippen LogP contribution in [0.15, 0.2) is 65.9 Å². The van der Waals surface area contributed by atoms with E-state index in [1.54, 1.807) is 0 Å². The van der Waals surface area contributed by atoms with Crippen molar-refractivity contribution in [3.63, 3.8) is 0 Å². The lowest BCUT2D eigenvalue weighted by molar-refractivity contribution is -0.188. The van der Waals surface area contributed by atoms with Crippen LogP contribution in [0.3, 0.4) is 0 Å². The van der Waals surface area contributed by atoms with Gasteiger partial charge in [-0.25, -0.2) is 20.1 Å². The molecular weight excluding hydrogens is 713 g/mol. The Balaban J connectivity index is 0.995. The molecule has 2 saturated heterocycles. The SMILES string of the molecule is COO/C=N\[C@H](C(=O)N1CCC[C@H]1c1ncc(-c2ccc(-c3ccc(-c4cnc([C@@H]5CCCN5C(=O)[C@@H](Nc5n[nH]c(N)n5)C(C)C)[nH]4)cc3)cc2)[nH]1)C(C)C. The third kappa shape index (κ3) is 8.15. The number of H-pyrrole nitrogens is 3. The van der Waals surface area contributed by atoms with E-state index in [0.717, 1.165) is 71.0 Å². The zero-order valence-corrected chi connectivity index (χ0v) is 32.4. The normalized spacial score (nSPS) is 18.3. The van der Waals surface area contributed by atoms with E-state index in [2.05, 4.69) is 88.9 Å². The summed E-state index contributed by atoms with van der Waals surface area (Å²) in [6.45, 7) is 9.22. The molecule has 0 radical (unpaired) electrons. The largest absolute Gasteiger partial charge is 0.368 e. The highest BCUT2D eigenvalue weighted by atomic mass is 17.2. The fourth-order valence-corrected chi connectivity index (χ4v) is 7.61. The van der Waals surface area contributed by atoms with Crippen LogP contribution in [0.2, 0.25) is 0 Å². The lowest BCUT2D eigenvalue weighted by Crippen LogP contribution is -2.45. The highest BCUT2D eigenvalue weighted by Gasteiger charge is 2.38. The summed E-state index contributed by atoms with van der Waals surface area (Å²) in [7, 11) is 1.39. The minimum Gasteiger partial charge on any atom is -0.368 e. The number of amides is 2. The Morgan fingerprint density at radius 2 is 1.34 bits per heavy atom. The Morgan fingerprint density at radius 3 is 1.80 bits per heavy atom. The van der Waals surface area contributed by atoms with Gasteiger partial charge in [0, 0.05) is 13.1 Å². The molecule has 0 aliphatic carbocycles. The molecule has 2 fully saturated rings. The van der Waals surface area contributed by atoms with Gasteiger partial charge in [-0.05, 0) is 59.8 Å². The molecule has 4 atom stereocenters. The molecule has 16 nitrogen and oxygen atoms in total. The second-order valence-corrected chi connectivity index (χ2v) is 15.0. The third-order valence-corrected chi connectivity index (χ3v) is 10.6. The van der Waals surface area contributed by atoms with E-state index in [-0.39, 0.29) is 41.7 Å². The predicted octanol–water partition coefficient (Wildman–Crippen LogP) is 5.93. The van der Waals surface area contributed by atoms with E-state index in [9.17, 15) is 9.59 Å². The maximum Gasteiger partial charge on any atom is 0.248 e. The van der Waals surface area contributed by atoms with Crippen LogP contribution in [0, 0.1) is 11.8 Å². The molecule has 2 aliphatic rings. The second kappa shape index (κ2) is 16.8. The summed E-state index contributed by atoms with van der Waals surface area (Å²) in [6.07, 6.45) is 8.29. The van der Waals surface area contributed by atoms with Crippen molar-refractivity contribution in [1.82, 2.24) is 44.9 Å². The van der Waals surface area contributed by atoms with Gasteiger partial charge in [-0.15, -0.1) is 5.10 Å². The van der Waals surface area contributed by atoms with Gasteiger partial charge in [-0.3, -0.25) is 9.59 Å². The first-order chi connectivity index (χ1) is 27.1. The summed E-state index contributed by atoms with van der Waals surface area (Å²) in [5.41, 5.74) is 11.6. The van der Waals surface area contributed by atoms with Crippen molar-refractivity contribution in [3.8, 4) is 33.6 Å². The molecule has 2 aliphatic heterocycles. The van der Waals surface area contributed by atoms with Gasteiger partial charge in [0.15, 0.2) is 0 Å². The number of aromatic nitrogens is 7. The number of carbonyl (C=O) groups is 2. The zero-order chi connectivity index (χ0) is 39.3. The van der Waals surface area contributed by atoms with E-state index >= 15 is 0 Å². The van der Waals surface area contributed by atoms with Crippen LogP contribution in [-0.2, 0) is 19.4 Å². The van der Waals surface area contributed by atoms with Crippen molar-refractivity contribution in [2.45, 2.75) is 77.5 Å². The molecule has 7 rings (SSSR count). The number of nitrogens with one attached hydrogen (secondary N) is 4. The number of benzene rings is 2. The van der Waals surface area contributed by atoms with Crippen LogP contribution in [0.5, 0.6) is 0 Å². The molecule has 16 heteroatoms. The number of rotatable bonds is 14. The van der Waals surface area contributed by atoms with E-state index in [1.807, 2.05) is 49.9 Å². The number of anilines is 2. The number of aliphatic imine (C=N–C) groups is 1. The first kappa shape index (κ1) is 38.3. The molecule has 5 aromatic rings. The molecule has 2 amide bonds. The Morgan fingerprint density at radius 1 is 0.821 bits per heavy atom. The van der Waals surface area contributed by atoms with E-state index in [1.165, 1.54) is 13.5 Å². The summed E-state index contributed by atoms with van der Waals surface area (Å²) in [5.74, 6) is 1.96. The van der Waals surface area contributed by atoms with Gasteiger partial charge in [-0.2, -0.15) is 9.87 Å². The molecule has 0 spiro atoms. The lowest BCUT2D eigenvalue weighted by Gasteiger charge is -2.30. The van der Waals surface area contributed by atoms with Crippen molar-refractivity contribution in [3.05, 3.63) is 72.6 Å². The van der Waals surface area contributed by atoms with Crippen molar-refractivity contribution in [2.75, 3.05) is 31.2 Å². The van der Waals surface area contributed by atoms with E-state index in [0.29, 0.717) is 19.0 Å². The first-order valence-corrected chi connectivity index (χ1v) is 19.2. The van der Waals surface area contributed by atoms with Crippen LogP contribution >= 0.6 is 0 Å². The van der Waals surface area contributed by atoms with Crippen molar-refractivity contribution < 1.29 is 19.4 Å². The first-order valence-electron chi connectivity index (χ1n) is 19.2. The van der Waals surface area contributed by atoms with E-state index in [4.69, 9.17) is 20.6 Å². The topological polar surface area (TPSA) is 208 Å². The highest BCUT2D eigenvalue weighted by molar-refractivity contribution is 5.85. The number of imidazole rings is 2. The van der Waals surface area contributed by atoms with Crippen LogP contribution in [0.1, 0.15) is 77.1 Å². The summed E-state index contributed by atoms with van der Waals surface area (Å²) in [4.78, 5) is 65.4. The van der Waals surface area contributed by atoms with Gasteiger partial charge in [0.1, 0.15) is 23.7 Å². The minimum atomic E-state index is -0.571. The standard InChI is InChI=1S/C40H50N12O4/c1-23(2)33(44-22-56-55-5)37(53)51-18-6-8-31(51)35-42-20-29(45-35)27-14-10-25(11-15-27)26-12-16-28(17-13-26)30-21-43-36(46-30)32-9-7-19-52(32)38(54)34(24(3)4)47-40-48-39(41)49-50-40/h10-17,20-24,31-34H,6-9,18-19H2,1-5H3,(H,42,45)(H,43,46)(H4,41,47,48,49,50)/b44-22-/t31-,32-,33-,34-/m0/s1. The number of hydrogen-bond donors (Lipinski definition) is 5. The fourth-order valence-electron chi connectivity index (χ4n) is 7.61. The van der Waals surface area contributed by atoms with Crippen molar-refractivity contribution in [2.24, 2.45) is 16.8 Å². The number of nitrogens with zero attached hydrogens (tertiary/aromatic N) is 7. The molecule has 294 valence electrons.